The Morgan fingerprint density at radius 3 is 2.89 bits per heavy atom. The van der Waals surface area contributed by atoms with Crippen LogP contribution in [0.15, 0.2) is 0 Å². The van der Waals surface area contributed by atoms with E-state index in [0.29, 0.717) is 6.10 Å². The van der Waals surface area contributed by atoms with Crippen LogP contribution in [0.25, 0.3) is 0 Å². The van der Waals surface area contributed by atoms with Crippen molar-refractivity contribution in [2.45, 2.75) is 32.4 Å². The Labute approximate surface area is 56.6 Å². The molecule has 1 heterocycles. The Morgan fingerprint density at radius 1 is 1.67 bits per heavy atom. The summed E-state index contributed by atoms with van der Waals surface area (Å²) in [5, 5.41) is 2.38. The quantitative estimate of drug-likeness (QED) is 0.520. The van der Waals surface area contributed by atoms with Crippen molar-refractivity contribution in [3.05, 3.63) is 0 Å². The molecule has 0 aromatic carbocycles. The molecule has 0 bridgehead atoms. The molecule has 1 fully saturated rings. The number of hydrogen-bond donors (Lipinski definition) is 1. The van der Waals surface area contributed by atoms with Gasteiger partial charge in [-0.25, -0.2) is 0 Å². The van der Waals surface area contributed by atoms with E-state index in [2.05, 4.69) is 19.2 Å². The van der Waals surface area contributed by atoms with Crippen molar-refractivity contribution < 1.29 is 10.1 Å². The zero-order chi connectivity index (χ0) is 6.69. The highest BCUT2D eigenvalue weighted by Gasteiger charge is 2.18. The van der Waals surface area contributed by atoms with E-state index in [0.717, 1.165) is 19.2 Å². The Kier molecular flexibility index (Phi) is 2.49. The molecule has 0 spiro atoms. The van der Waals surface area contributed by atoms with Crippen LogP contribution in [0.5, 0.6) is 0 Å². The minimum atomic E-state index is 0.466. The van der Waals surface area contributed by atoms with Gasteiger partial charge in [0.1, 0.15) is 18.7 Å². The summed E-state index contributed by atoms with van der Waals surface area (Å²) in [4.78, 5) is 0. The summed E-state index contributed by atoms with van der Waals surface area (Å²) in [5.41, 5.74) is 0. The number of nitrogens with two attached hydrogens (primary N) is 1. The summed E-state index contributed by atoms with van der Waals surface area (Å²) in [7, 11) is 0. The first-order chi connectivity index (χ1) is 4.33. The maximum atomic E-state index is 5.45. The molecule has 0 unspecified atom stereocenters. The highest BCUT2D eigenvalue weighted by Crippen LogP contribution is 1.95. The molecule has 2 atom stereocenters. The summed E-state index contributed by atoms with van der Waals surface area (Å²) in [6.07, 6.45) is 1.69. The van der Waals surface area contributed by atoms with Gasteiger partial charge in [0, 0.05) is 0 Å². The van der Waals surface area contributed by atoms with Crippen LogP contribution in [-0.2, 0) is 4.74 Å². The molecule has 2 heteroatoms. The van der Waals surface area contributed by atoms with Crippen LogP contribution >= 0.6 is 0 Å². The standard InChI is InChI=1S/C7H15NO/c1-3-7-5-9-6(2)4-8-7/h6-8H,3-5H2,1-2H3/p+1/t6-,7+/m0/s1. The highest BCUT2D eigenvalue weighted by atomic mass is 16.5. The van der Waals surface area contributed by atoms with Crippen LogP contribution in [0.3, 0.4) is 0 Å². The summed E-state index contributed by atoms with van der Waals surface area (Å²) >= 11 is 0. The number of ether oxygens (including phenoxy) is 1. The lowest BCUT2D eigenvalue weighted by atomic mass is 10.2. The van der Waals surface area contributed by atoms with E-state index in [4.69, 9.17) is 4.74 Å². The molecule has 0 aliphatic carbocycles. The number of morpholine rings is 1. The van der Waals surface area contributed by atoms with Crippen molar-refractivity contribution >= 4 is 0 Å². The predicted octanol–water partition coefficient (Wildman–Crippen LogP) is -0.253. The Balaban J connectivity index is 2.18. The summed E-state index contributed by atoms with van der Waals surface area (Å²) in [6, 6.07) is 0.723. The van der Waals surface area contributed by atoms with Gasteiger partial charge in [0.2, 0.25) is 0 Å². The van der Waals surface area contributed by atoms with Crippen LogP contribution in [0.2, 0.25) is 0 Å². The van der Waals surface area contributed by atoms with Crippen molar-refractivity contribution in [1.29, 1.82) is 0 Å². The maximum Gasteiger partial charge on any atom is 0.109 e. The molecule has 1 aliphatic heterocycles. The predicted molar refractivity (Wildman–Crippen MR) is 36.3 cm³/mol. The Hall–Kier alpha value is -0.0800. The average Bonchev–Trinajstić information content (AvgIpc) is 1.90. The van der Waals surface area contributed by atoms with Crippen molar-refractivity contribution in [3.63, 3.8) is 0 Å². The summed E-state index contributed by atoms with van der Waals surface area (Å²) in [6.45, 7) is 6.42. The molecule has 0 saturated carbocycles. The van der Waals surface area contributed by atoms with Crippen molar-refractivity contribution in [2.24, 2.45) is 0 Å². The van der Waals surface area contributed by atoms with Crippen LogP contribution in [0.4, 0.5) is 0 Å². The van der Waals surface area contributed by atoms with Gasteiger partial charge in [-0.3, -0.25) is 0 Å². The summed E-state index contributed by atoms with van der Waals surface area (Å²) < 4.78 is 5.45. The Bertz CT molecular complexity index is 77.0. The van der Waals surface area contributed by atoms with Crippen LogP contribution in [-0.4, -0.2) is 25.3 Å². The fraction of sp³-hybridized carbons (Fsp3) is 1.00. The average molecular weight is 130 g/mol. The molecule has 0 amide bonds. The molecule has 2 N–H and O–H groups in total. The van der Waals surface area contributed by atoms with E-state index in [1.54, 1.807) is 0 Å². The minimum Gasteiger partial charge on any atom is -0.366 e. The van der Waals surface area contributed by atoms with Crippen LogP contribution in [0, 0.1) is 0 Å². The lowest BCUT2D eigenvalue weighted by Gasteiger charge is -2.23. The van der Waals surface area contributed by atoms with Crippen molar-refractivity contribution in [2.75, 3.05) is 13.2 Å². The molecule has 0 radical (unpaired) electrons. The smallest absolute Gasteiger partial charge is 0.109 e. The van der Waals surface area contributed by atoms with E-state index in [1.807, 2.05) is 0 Å². The zero-order valence-electron chi connectivity index (χ0n) is 6.26. The molecule has 2 nitrogen and oxygen atoms in total. The monoisotopic (exact) mass is 130 g/mol. The molecule has 9 heavy (non-hydrogen) atoms. The highest BCUT2D eigenvalue weighted by molar-refractivity contribution is 4.57. The van der Waals surface area contributed by atoms with Gasteiger partial charge in [-0.2, -0.15) is 0 Å². The zero-order valence-corrected chi connectivity index (χ0v) is 6.26. The molecule has 1 rings (SSSR count). The van der Waals surface area contributed by atoms with Gasteiger partial charge in [0.25, 0.3) is 0 Å². The fourth-order valence-corrected chi connectivity index (χ4v) is 1.09. The first-order valence-corrected chi connectivity index (χ1v) is 3.78. The second kappa shape index (κ2) is 3.18. The van der Waals surface area contributed by atoms with Crippen LogP contribution < -0.4 is 5.32 Å². The number of hydrogen-bond acceptors (Lipinski definition) is 1. The molecular weight excluding hydrogens is 114 g/mol. The molecular formula is C7H16NO+. The topological polar surface area (TPSA) is 25.8 Å². The minimum absolute atomic E-state index is 0.466. The third-order valence-corrected chi connectivity index (χ3v) is 1.92. The molecule has 54 valence electrons. The fourth-order valence-electron chi connectivity index (χ4n) is 1.09. The van der Waals surface area contributed by atoms with Crippen molar-refractivity contribution in [1.82, 2.24) is 0 Å². The molecule has 1 aliphatic rings. The van der Waals surface area contributed by atoms with Gasteiger partial charge in [-0.1, -0.05) is 6.92 Å². The van der Waals surface area contributed by atoms with Gasteiger partial charge in [-0.05, 0) is 13.3 Å². The first-order valence-electron chi connectivity index (χ1n) is 3.78. The Morgan fingerprint density at radius 2 is 2.44 bits per heavy atom. The van der Waals surface area contributed by atoms with Crippen molar-refractivity contribution in [3.8, 4) is 0 Å². The van der Waals surface area contributed by atoms with E-state index in [1.165, 1.54) is 6.42 Å². The largest absolute Gasteiger partial charge is 0.366 e. The van der Waals surface area contributed by atoms with Gasteiger partial charge in [-0.15, -0.1) is 0 Å². The van der Waals surface area contributed by atoms with Gasteiger partial charge in [0.15, 0.2) is 0 Å². The normalized spacial score (nSPS) is 36.7. The van der Waals surface area contributed by atoms with E-state index >= 15 is 0 Å². The second-order valence-corrected chi connectivity index (χ2v) is 2.78. The second-order valence-electron chi connectivity index (χ2n) is 2.78. The third-order valence-electron chi connectivity index (χ3n) is 1.92. The lowest BCUT2D eigenvalue weighted by Crippen LogP contribution is -2.94. The molecule has 0 aromatic heterocycles. The summed E-state index contributed by atoms with van der Waals surface area (Å²) in [5.74, 6) is 0. The van der Waals surface area contributed by atoms with Gasteiger partial charge < -0.3 is 10.1 Å². The van der Waals surface area contributed by atoms with E-state index in [-0.39, 0.29) is 0 Å². The maximum absolute atomic E-state index is 5.45. The van der Waals surface area contributed by atoms with E-state index < -0.39 is 0 Å². The van der Waals surface area contributed by atoms with Gasteiger partial charge >= 0.3 is 0 Å². The van der Waals surface area contributed by atoms with Crippen LogP contribution in [0.1, 0.15) is 20.3 Å². The number of rotatable bonds is 1. The number of quaternary nitrogens is 1. The van der Waals surface area contributed by atoms with E-state index in [9.17, 15) is 0 Å². The molecule has 0 aromatic rings. The SMILES string of the molecule is CC[C@@H]1CO[C@@H](C)C[NH2+]1. The molecule has 1 saturated heterocycles. The van der Waals surface area contributed by atoms with Gasteiger partial charge in [0.05, 0.1) is 6.61 Å². The lowest BCUT2D eigenvalue weighted by molar-refractivity contribution is -0.711. The first kappa shape index (κ1) is 7.03. The third kappa shape index (κ3) is 1.95.